The van der Waals surface area contributed by atoms with Crippen molar-refractivity contribution in [1.29, 1.82) is 0 Å². The molecule has 0 saturated heterocycles. The molecule has 1 aromatic carbocycles. The second-order valence-corrected chi connectivity index (χ2v) is 7.96. The number of urea groups is 1. The van der Waals surface area contributed by atoms with Crippen LogP contribution >= 0.6 is 11.8 Å². The summed E-state index contributed by atoms with van der Waals surface area (Å²) in [7, 11) is 0. The Labute approximate surface area is 182 Å². The molecule has 0 aliphatic carbocycles. The van der Waals surface area contributed by atoms with Crippen LogP contribution in [0.5, 0.6) is 11.5 Å². The molecule has 1 aliphatic rings. The number of ether oxygens (including phenoxy) is 2. The molecular formula is C20H21N5O5S. The maximum atomic E-state index is 12.3. The number of hydrogen-bond donors (Lipinski definition) is 2. The van der Waals surface area contributed by atoms with Gasteiger partial charge < -0.3 is 19.2 Å². The van der Waals surface area contributed by atoms with Crippen molar-refractivity contribution in [3.05, 3.63) is 48.2 Å². The summed E-state index contributed by atoms with van der Waals surface area (Å²) in [5, 5.41) is 13.9. The van der Waals surface area contributed by atoms with Crippen molar-refractivity contribution in [3.63, 3.8) is 0 Å². The van der Waals surface area contributed by atoms with E-state index >= 15 is 0 Å². The lowest BCUT2D eigenvalue weighted by molar-refractivity contribution is -0.117. The van der Waals surface area contributed by atoms with E-state index in [4.69, 9.17) is 13.9 Å². The Balaban J connectivity index is 1.33. The lowest BCUT2D eigenvalue weighted by Gasteiger charge is -2.11. The van der Waals surface area contributed by atoms with Crippen LogP contribution in [0.4, 0.5) is 10.5 Å². The van der Waals surface area contributed by atoms with E-state index in [-0.39, 0.29) is 18.5 Å². The summed E-state index contributed by atoms with van der Waals surface area (Å²) < 4.78 is 17.8. The number of carbonyl (C=O) groups excluding carboxylic acids is 2. The van der Waals surface area contributed by atoms with Crippen molar-refractivity contribution in [2.24, 2.45) is 0 Å². The van der Waals surface area contributed by atoms with Gasteiger partial charge in [-0.3, -0.25) is 14.7 Å². The maximum Gasteiger partial charge on any atom is 0.325 e. The highest BCUT2D eigenvalue weighted by Crippen LogP contribution is 2.34. The molecule has 0 saturated carbocycles. The summed E-state index contributed by atoms with van der Waals surface area (Å²) in [6.07, 6.45) is 1.60. The van der Waals surface area contributed by atoms with E-state index in [1.165, 1.54) is 11.8 Å². The zero-order chi connectivity index (χ0) is 21.8. The van der Waals surface area contributed by atoms with Gasteiger partial charge in [0.2, 0.25) is 12.7 Å². The predicted molar refractivity (Wildman–Crippen MR) is 112 cm³/mol. The lowest BCUT2D eigenvalue weighted by Crippen LogP contribution is -2.35. The molecule has 0 atom stereocenters. The summed E-state index contributed by atoms with van der Waals surface area (Å²) in [6, 6.07) is 8.03. The quantitative estimate of drug-likeness (QED) is 0.534. The SMILES string of the molecule is CC(C)c1nnc(SCC(=O)NC(=O)Nc2ccc3c(c2)OCO3)n1Cc1ccco1. The summed E-state index contributed by atoms with van der Waals surface area (Å²) in [4.78, 5) is 24.4. The minimum absolute atomic E-state index is 0.00292. The molecule has 3 aromatic rings. The highest BCUT2D eigenvalue weighted by molar-refractivity contribution is 7.99. The number of furan rings is 1. The van der Waals surface area contributed by atoms with Gasteiger partial charge in [-0.25, -0.2) is 4.79 Å². The number of imide groups is 1. The summed E-state index contributed by atoms with van der Waals surface area (Å²) in [5.74, 6) is 2.40. The first kappa shape index (κ1) is 20.8. The van der Waals surface area contributed by atoms with Crippen molar-refractivity contribution in [2.45, 2.75) is 31.5 Å². The summed E-state index contributed by atoms with van der Waals surface area (Å²) in [5.41, 5.74) is 0.488. The third-order valence-electron chi connectivity index (χ3n) is 4.37. The number of fused-ring (bicyclic) bond motifs is 1. The van der Waals surface area contributed by atoms with Gasteiger partial charge in [0.05, 0.1) is 18.6 Å². The third kappa shape index (κ3) is 5.00. The Hall–Kier alpha value is -3.47. The molecule has 0 radical (unpaired) electrons. The molecule has 2 N–H and O–H groups in total. The van der Waals surface area contributed by atoms with Gasteiger partial charge >= 0.3 is 6.03 Å². The monoisotopic (exact) mass is 443 g/mol. The van der Waals surface area contributed by atoms with Crippen LogP contribution in [0.2, 0.25) is 0 Å². The van der Waals surface area contributed by atoms with Gasteiger partial charge in [0, 0.05) is 17.7 Å². The topological polar surface area (TPSA) is 121 Å². The number of nitrogens with one attached hydrogen (secondary N) is 2. The molecule has 11 heteroatoms. The highest BCUT2D eigenvalue weighted by Gasteiger charge is 2.19. The van der Waals surface area contributed by atoms with Gasteiger partial charge in [-0.1, -0.05) is 25.6 Å². The highest BCUT2D eigenvalue weighted by atomic mass is 32.2. The van der Waals surface area contributed by atoms with Crippen LogP contribution in [-0.2, 0) is 11.3 Å². The zero-order valence-corrected chi connectivity index (χ0v) is 17.8. The average Bonchev–Trinajstić information content (AvgIpc) is 3.47. The van der Waals surface area contributed by atoms with Crippen LogP contribution in [0.25, 0.3) is 0 Å². The number of thioether (sulfide) groups is 1. The van der Waals surface area contributed by atoms with E-state index < -0.39 is 11.9 Å². The molecule has 0 unspecified atom stereocenters. The minimum Gasteiger partial charge on any atom is -0.467 e. The molecule has 1 aliphatic heterocycles. The number of benzene rings is 1. The molecular weight excluding hydrogens is 422 g/mol. The normalized spacial score (nSPS) is 12.2. The van der Waals surface area contributed by atoms with Crippen LogP contribution in [0, 0.1) is 0 Å². The molecule has 162 valence electrons. The number of anilines is 1. The van der Waals surface area contributed by atoms with E-state index in [0.717, 1.165) is 11.6 Å². The average molecular weight is 443 g/mol. The summed E-state index contributed by atoms with van der Waals surface area (Å²) in [6.45, 7) is 4.64. The van der Waals surface area contributed by atoms with E-state index in [1.807, 2.05) is 30.5 Å². The predicted octanol–water partition coefficient (Wildman–Crippen LogP) is 3.21. The van der Waals surface area contributed by atoms with Crippen LogP contribution in [0.1, 0.15) is 31.4 Å². The smallest absolute Gasteiger partial charge is 0.325 e. The molecule has 0 fully saturated rings. The fourth-order valence-corrected chi connectivity index (χ4v) is 3.72. The zero-order valence-electron chi connectivity index (χ0n) is 17.0. The Morgan fingerprint density at radius 3 is 2.81 bits per heavy atom. The Kier molecular flexibility index (Phi) is 6.12. The van der Waals surface area contributed by atoms with Gasteiger partial charge in [0.15, 0.2) is 16.7 Å². The van der Waals surface area contributed by atoms with Crippen LogP contribution in [-0.4, -0.2) is 39.2 Å². The van der Waals surface area contributed by atoms with Crippen LogP contribution in [0.3, 0.4) is 0 Å². The molecule has 0 bridgehead atoms. The largest absolute Gasteiger partial charge is 0.467 e. The van der Waals surface area contributed by atoms with Crippen molar-refractivity contribution < 1.29 is 23.5 Å². The fourth-order valence-electron chi connectivity index (χ4n) is 2.97. The molecule has 3 amide bonds. The molecule has 31 heavy (non-hydrogen) atoms. The lowest BCUT2D eigenvalue weighted by atomic mass is 10.2. The van der Waals surface area contributed by atoms with Crippen molar-refractivity contribution in [1.82, 2.24) is 20.1 Å². The number of rotatable bonds is 7. The summed E-state index contributed by atoms with van der Waals surface area (Å²) >= 11 is 1.20. The van der Waals surface area contributed by atoms with Crippen molar-refractivity contribution >= 4 is 29.4 Å². The standard InChI is InChI=1S/C20H21N5O5S/c1-12(2)18-23-24-20(25(18)9-14-4-3-7-28-14)31-10-17(26)22-19(27)21-13-5-6-15-16(8-13)30-11-29-15/h3-8,12H,9-11H2,1-2H3,(H2,21,22,26,27). The first-order valence-corrected chi connectivity index (χ1v) is 10.6. The van der Waals surface area contributed by atoms with Crippen molar-refractivity contribution in [3.8, 4) is 11.5 Å². The number of amides is 3. The van der Waals surface area contributed by atoms with Crippen LogP contribution < -0.4 is 20.1 Å². The molecule has 0 spiro atoms. The maximum absolute atomic E-state index is 12.3. The van der Waals surface area contributed by atoms with E-state index in [0.29, 0.717) is 28.9 Å². The Bertz CT molecular complexity index is 1080. The molecule has 10 nitrogen and oxygen atoms in total. The third-order valence-corrected chi connectivity index (χ3v) is 5.34. The number of hydrogen-bond acceptors (Lipinski definition) is 8. The number of carbonyl (C=O) groups is 2. The number of nitrogens with zero attached hydrogens (tertiary/aromatic N) is 3. The Morgan fingerprint density at radius 1 is 1.19 bits per heavy atom. The molecule has 4 rings (SSSR count). The van der Waals surface area contributed by atoms with Gasteiger partial charge in [-0.05, 0) is 24.3 Å². The fraction of sp³-hybridized carbons (Fsp3) is 0.300. The Morgan fingerprint density at radius 2 is 2.03 bits per heavy atom. The van der Waals surface area contributed by atoms with Crippen molar-refractivity contribution in [2.75, 3.05) is 17.9 Å². The number of aromatic nitrogens is 3. The first-order chi connectivity index (χ1) is 15.0. The van der Waals surface area contributed by atoms with Gasteiger partial charge in [-0.15, -0.1) is 10.2 Å². The van der Waals surface area contributed by atoms with E-state index in [2.05, 4.69) is 20.8 Å². The molecule has 2 aromatic heterocycles. The van der Waals surface area contributed by atoms with E-state index in [1.54, 1.807) is 24.5 Å². The van der Waals surface area contributed by atoms with Gasteiger partial charge in [-0.2, -0.15) is 0 Å². The van der Waals surface area contributed by atoms with Gasteiger partial charge in [0.25, 0.3) is 0 Å². The second kappa shape index (κ2) is 9.13. The van der Waals surface area contributed by atoms with Gasteiger partial charge in [0.1, 0.15) is 11.6 Å². The minimum atomic E-state index is -0.635. The molecule has 3 heterocycles. The first-order valence-electron chi connectivity index (χ1n) is 9.58. The second-order valence-electron chi connectivity index (χ2n) is 7.02. The van der Waals surface area contributed by atoms with Crippen LogP contribution in [0.15, 0.2) is 46.2 Å². The van der Waals surface area contributed by atoms with E-state index in [9.17, 15) is 9.59 Å².